The van der Waals surface area contributed by atoms with E-state index in [0.29, 0.717) is 12.2 Å². The van der Waals surface area contributed by atoms with Gasteiger partial charge in [0.05, 0.1) is 6.04 Å². The molecule has 0 spiro atoms. The predicted molar refractivity (Wildman–Crippen MR) is 97.9 cm³/mol. The lowest BCUT2D eigenvalue weighted by Gasteiger charge is -2.38. The molecule has 25 heavy (non-hydrogen) atoms. The minimum absolute atomic E-state index is 0.0870. The van der Waals surface area contributed by atoms with Crippen LogP contribution >= 0.6 is 0 Å². The summed E-state index contributed by atoms with van der Waals surface area (Å²) in [6, 6.07) is 15.5. The lowest BCUT2D eigenvalue weighted by Crippen LogP contribution is -2.44. The van der Waals surface area contributed by atoms with E-state index in [2.05, 4.69) is 5.32 Å². The highest BCUT2D eigenvalue weighted by molar-refractivity contribution is 5.81. The van der Waals surface area contributed by atoms with Crippen LogP contribution < -0.4 is 14.8 Å². The first kappa shape index (κ1) is 17.3. The molecule has 0 unspecified atom stereocenters. The van der Waals surface area contributed by atoms with Crippen LogP contribution in [-0.2, 0) is 4.79 Å². The summed E-state index contributed by atoms with van der Waals surface area (Å²) in [6.45, 7) is 7.84. The summed E-state index contributed by atoms with van der Waals surface area (Å²) in [7, 11) is 0. The van der Waals surface area contributed by atoms with Gasteiger partial charge in [0, 0.05) is 12.0 Å². The average Bonchev–Trinajstić information content (AvgIpc) is 2.53. The van der Waals surface area contributed by atoms with Gasteiger partial charge in [-0.05, 0) is 51.5 Å². The number of ether oxygens (including phenoxy) is 2. The molecule has 0 bridgehead atoms. The zero-order valence-electron chi connectivity index (χ0n) is 15.2. The van der Waals surface area contributed by atoms with Gasteiger partial charge in [0.1, 0.15) is 17.1 Å². The van der Waals surface area contributed by atoms with Gasteiger partial charge >= 0.3 is 0 Å². The summed E-state index contributed by atoms with van der Waals surface area (Å²) in [5.41, 5.74) is 1.79. The SMILES string of the molecule is Cc1cccc(O[C@@H](C)C(=O)N[C@H]2CC(C)(C)Oc3ccccc32)c1. The van der Waals surface area contributed by atoms with Gasteiger partial charge in [-0.15, -0.1) is 0 Å². The quantitative estimate of drug-likeness (QED) is 0.909. The Morgan fingerprint density at radius 2 is 2.00 bits per heavy atom. The van der Waals surface area contributed by atoms with Crippen molar-refractivity contribution < 1.29 is 14.3 Å². The minimum atomic E-state index is -0.570. The van der Waals surface area contributed by atoms with E-state index in [-0.39, 0.29) is 17.6 Å². The van der Waals surface area contributed by atoms with Crippen molar-refractivity contribution in [3.05, 3.63) is 59.7 Å². The van der Waals surface area contributed by atoms with Crippen molar-refractivity contribution in [3.8, 4) is 11.5 Å². The van der Waals surface area contributed by atoms with E-state index in [0.717, 1.165) is 16.9 Å². The van der Waals surface area contributed by atoms with Crippen molar-refractivity contribution in [3.63, 3.8) is 0 Å². The number of fused-ring (bicyclic) bond motifs is 1. The van der Waals surface area contributed by atoms with Gasteiger partial charge in [-0.25, -0.2) is 0 Å². The number of carbonyl (C=O) groups is 1. The maximum absolute atomic E-state index is 12.6. The van der Waals surface area contributed by atoms with E-state index in [1.807, 2.05) is 69.3 Å². The van der Waals surface area contributed by atoms with Crippen LogP contribution in [-0.4, -0.2) is 17.6 Å². The van der Waals surface area contributed by atoms with E-state index in [1.54, 1.807) is 6.92 Å². The predicted octanol–water partition coefficient (Wildman–Crippen LogP) is 4.18. The Kier molecular flexibility index (Phi) is 4.71. The van der Waals surface area contributed by atoms with Gasteiger partial charge in [-0.1, -0.05) is 30.3 Å². The molecule has 0 fully saturated rings. The van der Waals surface area contributed by atoms with Gasteiger partial charge in [0.2, 0.25) is 0 Å². The molecule has 4 heteroatoms. The van der Waals surface area contributed by atoms with Crippen LogP contribution in [0.25, 0.3) is 0 Å². The van der Waals surface area contributed by atoms with Crippen molar-refractivity contribution in [2.24, 2.45) is 0 Å². The number of amides is 1. The first-order valence-corrected chi connectivity index (χ1v) is 8.66. The summed E-state index contributed by atoms with van der Waals surface area (Å²) in [4.78, 5) is 12.6. The highest BCUT2D eigenvalue weighted by Crippen LogP contribution is 2.39. The minimum Gasteiger partial charge on any atom is -0.487 e. The molecule has 1 amide bonds. The number of nitrogens with one attached hydrogen (secondary N) is 1. The Labute approximate surface area is 149 Å². The molecule has 1 aliphatic heterocycles. The van der Waals surface area contributed by atoms with Crippen LogP contribution in [0.2, 0.25) is 0 Å². The molecule has 132 valence electrons. The third-order valence-electron chi connectivity index (χ3n) is 4.36. The van der Waals surface area contributed by atoms with Crippen LogP contribution in [0.1, 0.15) is 44.4 Å². The van der Waals surface area contributed by atoms with E-state index in [1.165, 1.54) is 0 Å². The average molecular weight is 339 g/mol. The summed E-state index contributed by atoms with van der Waals surface area (Å²) in [6.07, 6.45) is 0.146. The summed E-state index contributed by atoms with van der Waals surface area (Å²) in [5, 5.41) is 3.12. The molecule has 4 nitrogen and oxygen atoms in total. The van der Waals surface area contributed by atoms with Crippen molar-refractivity contribution >= 4 is 5.91 Å². The molecule has 3 rings (SSSR count). The van der Waals surface area contributed by atoms with Crippen LogP contribution in [0, 0.1) is 6.92 Å². The molecule has 2 aromatic rings. The number of aryl methyl sites for hydroxylation is 1. The second-order valence-corrected chi connectivity index (χ2v) is 7.24. The molecular formula is C21H25NO3. The summed E-state index contributed by atoms with van der Waals surface area (Å²) < 4.78 is 11.8. The van der Waals surface area contributed by atoms with Crippen molar-refractivity contribution in [1.82, 2.24) is 5.32 Å². The molecule has 1 aliphatic rings. The maximum Gasteiger partial charge on any atom is 0.261 e. The number of benzene rings is 2. The van der Waals surface area contributed by atoms with Gasteiger partial charge in [0.25, 0.3) is 5.91 Å². The smallest absolute Gasteiger partial charge is 0.261 e. The highest BCUT2D eigenvalue weighted by Gasteiger charge is 2.35. The van der Waals surface area contributed by atoms with Crippen LogP contribution in [0.15, 0.2) is 48.5 Å². The molecular weight excluding hydrogens is 314 g/mol. The van der Waals surface area contributed by atoms with Crippen molar-refractivity contribution in [2.45, 2.75) is 51.9 Å². The topological polar surface area (TPSA) is 47.6 Å². The second kappa shape index (κ2) is 6.79. The zero-order valence-corrected chi connectivity index (χ0v) is 15.2. The Morgan fingerprint density at radius 1 is 1.24 bits per heavy atom. The monoisotopic (exact) mass is 339 g/mol. The number of carbonyl (C=O) groups excluding carboxylic acids is 1. The summed E-state index contributed by atoms with van der Waals surface area (Å²) >= 11 is 0. The fourth-order valence-corrected chi connectivity index (χ4v) is 3.17. The van der Waals surface area contributed by atoms with E-state index in [9.17, 15) is 4.79 Å². The molecule has 2 atom stereocenters. The fraction of sp³-hybridized carbons (Fsp3) is 0.381. The van der Waals surface area contributed by atoms with E-state index in [4.69, 9.17) is 9.47 Å². The maximum atomic E-state index is 12.6. The standard InChI is InChI=1S/C21H25NO3/c1-14-8-7-9-16(12-14)24-15(2)20(23)22-18-13-21(3,4)25-19-11-6-5-10-17(18)19/h5-12,15,18H,13H2,1-4H3,(H,22,23)/t15-,18-/m0/s1. The molecule has 0 radical (unpaired) electrons. The third-order valence-corrected chi connectivity index (χ3v) is 4.36. The molecule has 2 aromatic carbocycles. The largest absolute Gasteiger partial charge is 0.487 e. The molecule has 0 saturated carbocycles. The lowest BCUT2D eigenvalue weighted by molar-refractivity contribution is -0.128. The fourth-order valence-electron chi connectivity index (χ4n) is 3.17. The van der Waals surface area contributed by atoms with Crippen LogP contribution in [0.5, 0.6) is 11.5 Å². The van der Waals surface area contributed by atoms with Gasteiger partial charge < -0.3 is 14.8 Å². The molecule has 0 aromatic heterocycles. The molecule has 0 saturated heterocycles. The Hall–Kier alpha value is -2.49. The first-order valence-electron chi connectivity index (χ1n) is 8.66. The third kappa shape index (κ3) is 4.13. The number of rotatable bonds is 4. The molecule has 1 heterocycles. The lowest BCUT2D eigenvalue weighted by atomic mass is 9.89. The Balaban J connectivity index is 1.72. The number of hydrogen-bond acceptors (Lipinski definition) is 3. The summed E-state index contributed by atoms with van der Waals surface area (Å²) in [5.74, 6) is 1.41. The molecule has 1 N–H and O–H groups in total. The Morgan fingerprint density at radius 3 is 2.76 bits per heavy atom. The Bertz CT molecular complexity index is 769. The zero-order chi connectivity index (χ0) is 18.0. The number of hydrogen-bond donors (Lipinski definition) is 1. The number of para-hydroxylation sites is 1. The van der Waals surface area contributed by atoms with Crippen molar-refractivity contribution in [1.29, 1.82) is 0 Å². The van der Waals surface area contributed by atoms with Crippen LogP contribution in [0.3, 0.4) is 0 Å². The van der Waals surface area contributed by atoms with Crippen molar-refractivity contribution in [2.75, 3.05) is 0 Å². The van der Waals surface area contributed by atoms with Gasteiger partial charge in [-0.2, -0.15) is 0 Å². The normalized spacial score (nSPS) is 19.3. The van der Waals surface area contributed by atoms with E-state index >= 15 is 0 Å². The molecule has 0 aliphatic carbocycles. The highest BCUT2D eigenvalue weighted by atomic mass is 16.5. The van der Waals surface area contributed by atoms with E-state index < -0.39 is 6.10 Å². The van der Waals surface area contributed by atoms with Crippen LogP contribution in [0.4, 0.5) is 0 Å². The van der Waals surface area contributed by atoms with Gasteiger partial charge in [0.15, 0.2) is 6.10 Å². The second-order valence-electron chi connectivity index (χ2n) is 7.24. The first-order chi connectivity index (χ1) is 11.8. The van der Waals surface area contributed by atoms with Gasteiger partial charge in [-0.3, -0.25) is 4.79 Å².